The molecular weight excluding hydrogens is 558 g/mol. The van der Waals surface area contributed by atoms with Gasteiger partial charge < -0.3 is 20.7 Å². The van der Waals surface area contributed by atoms with Crippen LogP contribution in [-0.4, -0.2) is 30.1 Å². The molecule has 0 spiro atoms. The van der Waals surface area contributed by atoms with Gasteiger partial charge in [0.15, 0.2) is 0 Å². The van der Waals surface area contributed by atoms with E-state index in [-0.39, 0.29) is 11.6 Å². The molecule has 0 heterocycles. The van der Waals surface area contributed by atoms with E-state index >= 15 is 0 Å². The van der Waals surface area contributed by atoms with E-state index in [4.69, 9.17) is 16.3 Å². The predicted octanol–water partition coefficient (Wildman–Crippen LogP) is 6.88. The van der Waals surface area contributed by atoms with Crippen molar-refractivity contribution >= 4 is 58.5 Å². The summed E-state index contributed by atoms with van der Waals surface area (Å²) >= 11 is 7.36. The number of nitrogens with one attached hydrogen (secondary N) is 3. The summed E-state index contributed by atoms with van der Waals surface area (Å²) in [6.07, 6.45) is 1.58. The number of anilines is 2. The van der Waals surface area contributed by atoms with E-state index in [1.54, 1.807) is 111 Å². The van der Waals surface area contributed by atoms with Crippen LogP contribution in [0, 0.1) is 0 Å². The van der Waals surface area contributed by atoms with Crippen molar-refractivity contribution in [1.29, 1.82) is 0 Å². The van der Waals surface area contributed by atoms with Crippen LogP contribution in [0.25, 0.3) is 6.08 Å². The van der Waals surface area contributed by atoms with Crippen molar-refractivity contribution in [3.8, 4) is 5.75 Å². The van der Waals surface area contributed by atoms with Gasteiger partial charge >= 0.3 is 0 Å². The molecule has 3 amide bonds. The molecule has 0 saturated heterocycles. The SMILES string of the molecule is COc1cccc(/C=C(\NC(=O)c2ccccc2)C(=O)Nc2cccc(SC(C)C(=O)Nc3cccc(Cl)c3)c2)c1. The number of methoxy groups -OCH3 is 1. The zero-order valence-electron chi connectivity index (χ0n) is 22.4. The maximum absolute atomic E-state index is 13.4. The van der Waals surface area contributed by atoms with E-state index in [1.807, 2.05) is 12.1 Å². The highest BCUT2D eigenvalue weighted by atomic mass is 35.5. The minimum absolute atomic E-state index is 0.0550. The molecule has 0 fully saturated rings. The van der Waals surface area contributed by atoms with Crippen molar-refractivity contribution in [3.05, 3.63) is 125 Å². The summed E-state index contributed by atoms with van der Waals surface area (Å²) in [5.41, 5.74) is 2.27. The third-order valence-electron chi connectivity index (χ3n) is 5.80. The summed E-state index contributed by atoms with van der Waals surface area (Å²) in [5, 5.41) is 8.55. The Hall–Kier alpha value is -4.53. The van der Waals surface area contributed by atoms with Gasteiger partial charge in [0.25, 0.3) is 11.8 Å². The van der Waals surface area contributed by atoms with Crippen LogP contribution in [0.5, 0.6) is 5.75 Å². The van der Waals surface area contributed by atoms with Gasteiger partial charge in [0.2, 0.25) is 5.91 Å². The maximum Gasteiger partial charge on any atom is 0.272 e. The summed E-state index contributed by atoms with van der Waals surface area (Å²) in [5.74, 6) is -0.491. The molecule has 0 bridgehead atoms. The molecule has 9 heteroatoms. The Labute approximate surface area is 248 Å². The fourth-order valence-corrected chi connectivity index (χ4v) is 4.87. The number of carbonyl (C=O) groups is 3. The van der Waals surface area contributed by atoms with Crippen molar-refractivity contribution in [2.45, 2.75) is 17.1 Å². The highest BCUT2D eigenvalue weighted by Gasteiger charge is 2.17. The molecule has 3 N–H and O–H groups in total. The average Bonchev–Trinajstić information content (AvgIpc) is 2.97. The summed E-state index contributed by atoms with van der Waals surface area (Å²) in [4.78, 5) is 39.8. The molecule has 0 aliphatic carbocycles. The number of thioether (sulfide) groups is 1. The number of halogens is 1. The minimum Gasteiger partial charge on any atom is -0.497 e. The van der Waals surface area contributed by atoms with E-state index in [9.17, 15) is 14.4 Å². The van der Waals surface area contributed by atoms with Crippen LogP contribution in [0.3, 0.4) is 0 Å². The van der Waals surface area contributed by atoms with E-state index < -0.39 is 17.1 Å². The van der Waals surface area contributed by atoms with Crippen LogP contribution in [0.2, 0.25) is 5.02 Å². The number of carbonyl (C=O) groups excluding carboxylic acids is 3. The Kier molecular flexibility index (Phi) is 10.2. The Morgan fingerprint density at radius 1 is 0.829 bits per heavy atom. The van der Waals surface area contributed by atoms with Crippen molar-refractivity contribution in [1.82, 2.24) is 5.32 Å². The van der Waals surface area contributed by atoms with Crippen LogP contribution < -0.4 is 20.7 Å². The molecule has 0 radical (unpaired) electrons. The molecule has 7 nitrogen and oxygen atoms in total. The van der Waals surface area contributed by atoms with Crippen LogP contribution in [-0.2, 0) is 9.59 Å². The number of rotatable bonds is 10. The van der Waals surface area contributed by atoms with E-state index in [1.165, 1.54) is 11.8 Å². The second-order valence-electron chi connectivity index (χ2n) is 8.90. The summed E-state index contributed by atoms with van der Waals surface area (Å²) < 4.78 is 5.29. The third-order valence-corrected chi connectivity index (χ3v) is 7.13. The maximum atomic E-state index is 13.4. The van der Waals surface area contributed by atoms with Crippen molar-refractivity contribution in [2.24, 2.45) is 0 Å². The Balaban J connectivity index is 1.49. The summed E-state index contributed by atoms with van der Waals surface area (Å²) in [6.45, 7) is 1.80. The standard InChI is InChI=1S/C32H28ClN3O4S/c1-21(30(37)34-25-13-7-12-24(33)19-25)41-28-16-8-14-26(20-28)35-32(39)29(18-22-9-6-15-27(17-22)40-2)36-31(38)23-10-4-3-5-11-23/h3-21H,1-2H3,(H,34,37)(H,35,39)(H,36,38)/b29-18-. The van der Waals surface area contributed by atoms with Gasteiger partial charge in [0.1, 0.15) is 11.4 Å². The smallest absolute Gasteiger partial charge is 0.272 e. The quantitative estimate of drug-likeness (QED) is 0.139. The van der Waals surface area contributed by atoms with E-state index in [0.717, 1.165) is 4.90 Å². The van der Waals surface area contributed by atoms with Crippen LogP contribution >= 0.6 is 23.4 Å². The summed E-state index contributed by atoms with van der Waals surface area (Å²) in [6, 6.07) is 29.9. The van der Waals surface area contributed by atoms with Gasteiger partial charge in [-0.1, -0.05) is 54.1 Å². The van der Waals surface area contributed by atoms with Crippen molar-refractivity contribution < 1.29 is 19.1 Å². The molecule has 1 atom stereocenters. The first-order valence-corrected chi connectivity index (χ1v) is 13.9. The first kappa shape index (κ1) is 29.5. The highest BCUT2D eigenvalue weighted by Crippen LogP contribution is 2.27. The van der Waals surface area contributed by atoms with Crippen LogP contribution in [0.1, 0.15) is 22.8 Å². The lowest BCUT2D eigenvalue weighted by molar-refractivity contribution is -0.115. The number of hydrogen-bond donors (Lipinski definition) is 3. The molecule has 41 heavy (non-hydrogen) atoms. The van der Waals surface area contributed by atoms with Crippen molar-refractivity contribution in [3.63, 3.8) is 0 Å². The Bertz CT molecular complexity index is 1580. The van der Waals surface area contributed by atoms with Crippen LogP contribution in [0.15, 0.2) is 114 Å². The third kappa shape index (κ3) is 8.73. The second kappa shape index (κ2) is 14.2. The molecule has 208 valence electrons. The summed E-state index contributed by atoms with van der Waals surface area (Å²) in [7, 11) is 1.56. The number of benzene rings is 4. The second-order valence-corrected chi connectivity index (χ2v) is 10.7. The molecule has 0 saturated carbocycles. The predicted molar refractivity (Wildman–Crippen MR) is 165 cm³/mol. The van der Waals surface area contributed by atoms with Gasteiger partial charge in [0.05, 0.1) is 12.4 Å². The van der Waals surface area contributed by atoms with Crippen LogP contribution in [0.4, 0.5) is 11.4 Å². The fourth-order valence-electron chi connectivity index (χ4n) is 3.75. The normalized spacial score (nSPS) is 11.7. The highest BCUT2D eigenvalue weighted by molar-refractivity contribution is 8.00. The molecule has 4 rings (SSSR count). The van der Waals surface area contributed by atoms with Gasteiger partial charge in [-0.25, -0.2) is 0 Å². The lowest BCUT2D eigenvalue weighted by atomic mass is 10.1. The molecule has 0 aliphatic heterocycles. The van der Waals surface area contributed by atoms with E-state index in [2.05, 4.69) is 16.0 Å². The lowest BCUT2D eigenvalue weighted by Gasteiger charge is -2.14. The van der Waals surface area contributed by atoms with Gasteiger partial charge in [-0.05, 0) is 79.2 Å². The van der Waals surface area contributed by atoms with Gasteiger partial charge in [-0.2, -0.15) is 0 Å². The molecular formula is C32H28ClN3O4S. The largest absolute Gasteiger partial charge is 0.497 e. The number of hydrogen-bond acceptors (Lipinski definition) is 5. The van der Waals surface area contributed by atoms with Gasteiger partial charge in [0, 0.05) is 26.9 Å². The Morgan fingerprint density at radius 2 is 1.54 bits per heavy atom. The number of ether oxygens (including phenoxy) is 1. The zero-order chi connectivity index (χ0) is 29.2. The first-order chi connectivity index (χ1) is 19.8. The number of amides is 3. The molecule has 0 aliphatic rings. The Morgan fingerprint density at radius 3 is 2.27 bits per heavy atom. The topological polar surface area (TPSA) is 96.5 Å². The molecule has 0 aromatic heterocycles. The van der Waals surface area contributed by atoms with E-state index in [0.29, 0.717) is 33.3 Å². The van der Waals surface area contributed by atoms with Gasteiger partial charge in [-0.15, -0.1) is 11.8 Å². The monoisotopic (exact) mass is 585 g/mol. The molecule has 4 aromatic carbocycles. The van der Waals surface area contributed by atoms with Crippen molar-refractivity contribution in [2.75, 3.05) is 17.7 Å². The average molecular weight is 586 g/mol. The van der Waals surface area contributed by atoms with Gasteiger partial charge in [-0.3, -0.25) is 14.4 Å². The first-order valence-electron chi connectivity index (χ1n) is 12.7. The lowest BCUT2D eigenvalue weighted by Crippen LogP contribution is -2.30. The molecule has 1 unspecified atom stereocenters. The zero-order valence-corrected chi connectivity index (χ0v) is 24.0. The molecule has 4 aromatic rings. The minimum atomic E-state index is -0.508. The fraction of sp³-hybridized carbons (Fsp3) is 0.0938.